The molecule has 5 nitrogen and oxygen atoms in total. The van der Waals surface area contributed by atoms with Gasteiger partial charge in [0, 0.05) is 6.54 Å². The van der Waals surface area contributed by atoms with Crippen LogP contribution >= 0.6 is 27.7 Å². The van der Waals surface area contributed by atoms with Crippen LogP contribution in [-0.4, -0.2) is 34.3 Å². The first-order valence-corrected chi connectivity index (χ1v) is 10.0. The molecule has 2 aromatic carbocycles. The van der Waals surface area contributed by atoms with Gasteiger partial charge in [-0.25, -0.2) is 0 Å². The largest absolute Gasteiger partial charge is 0.503 e. The molecule has 27 heavy (non-hydrogen) atoms. The van der Waals surface area contributed by atoms with Crippen molar-refractivity contribution in [3.8, 4) is 11.5 Å². The minimum Gasteiger partial charge on any atom is -0.503 e. The number of phenols is 1. The number of carbonyl (C=O) groups is 2. The van der Waals surface area contributed by atoms with Crippen molar-refractivity contribution in [2.75, 3.05) is 13.2 Å². The van der Waals surface area contributed by atoms with E-state index in [1.807, 2.05) is 37.3 Å². The number of thioether (sulfide) groups is 1. The highest BCUT2D eigenvalue weighted by Crippen LogP contribution is 2.38. The van der Waals surface area contributed by atoms with Crippen molar-refractivity contribution in [1.29, 1.82) is 0 Å². The van der Waals surface area contributed by atoms with Crippen molar-refractivity contribution in [2.24, 2.45) is 0 Å². The Morgan fingerprint density at radius 1 is 1.22 bits per heavy atom. The SMILES string of the molecule is CCOc1cc(/C=C2\SC(=O)N(CCc3ccccc3)C2=O)cc(Br)c1O. The van der Waals surface area contributed by atoms with Gasteiger partial charge in [0.15, 0.2) is 11.5 Å². The summed E-state index contributed by atoms with van der Waals surface area (Å²) in [6, 6.07) is 13.1. The molecule has 0 spiro atoms. The number of hydrogen-bond donors (Lipinski definition) is 1. The van der Waals surface area contributed by atoms with Crippen LogP contribution in [0.4, 0.5) is 4.79 Å². The topological polar surface area (TPSA) is 66.8 Å². The van der Waals surface area contributed by atoms with Gasteiger partial charge in [0.1, 0.15) is 0 Å². The van der Waals surface area contributed by atoms with Crippen molar-refractivity contribution in [3.05, 3.63) is 63.0 Å². The van der Waals surface area contributed by atoms with E-state index in [0.29, 0.717) is 40.3 Å². The van der Waals surface area contributed by atoms with E-state index in [9.17, 15) is 14.7 Å². The van der Waals surface area contributed by atoms with Crippen LogP contribution in [0.25, 0.3) is 6.08 Å². The number of amides is 2. The van der Waals surface area contributed by atoms with Crippen LogP contribution in [0.3, 0.4) is 0 Å². The maximum absolute atomic E-state index is 12.6. The van der Waals surface area contributed by atoms with Crippen LogP contribution in [0.1, 0.15) is 18.1 Å². The molecule has 1 fully saturated rings. The standard InChI is InChI=1S/C20H18BrNO4S/c1-2-26-16-11-14(10-15(21)18(16)23)12-17-19(24)22(20(25)27-17)9-8-13-6-4-3-5-7-13/h3-7,10-12,23H,2,8-9H2,1H3/b17-12-. The molecule has 140 valence electrons. The molecular weight excluding hydrogens is 430 g/mol. The van der Waals surface area contributed by atoms with Crippen LogP contribution in [0, 0.1) is 0 Å². The van der Waals surface area contributed by atoms with Gasteiger partial charge in [-0.15, -0.1) is 0 Å². The van der Waals surface area contributed by atoms with Crippen molar-refractivity contribution < 1.29 is 19.4 Å². The Labute approximate surface area is 170 Å². The Hall–Kier alpha value is -2.25. The van der Waals surface area contributed by atoms with Crippen molar-refractivity contribution in [1.82, 2.24) is 4.90 Å². The number of halogens is 1. The highest BCUT2D eigenvalue weighted by atomic mass is 79.9. The summed E-state index contributed by atoms with van der Waals surface area (Å²) in [5, 5.41) is 9.73. The number of imide groups is 1. The molecule has 0 aliphatic carbocycles. The lowest BCUT2D eigenvalue weighted by atomic mass is 10.1. The number of aromatic hydroxyl groups is 1. The quantitative estimate of drug-likeness (QED) is 0.642. The molecule has 0 atom stereocenters. The maximum atomic E-state index is 12.6. The lowest BCUT2D eigenvalue weighted by Crippen LogP contribution is -2.30. The first-order valence-electron chi connectivity index (χ1n) is 8.44. The van der Waals surface area contributed by atoms with Gasteiger partial charge in [-0.2, -0.15) is 0 Å². The highest BCUT2D eigenvalue weighted by molar-refractivity contribution is 9.10. The Balaban J connectivity index is 1.78. The molecule has 0 unspecified atom stereocenters. The first kappa shape index (κ1) is 19.5. The van der Waals surface area contributed by atoms with Gasteiger partial charge in [0.2, 0.25) is 0 Å². The molecule has 1 saturated heterocycles. The number of ether oxygens (including phenoxy) is 1. The molecule has 0 aromatic heterocycles. The molecule has 2 aromatic rings. The summed E-state index contributed by atoms with van der Waals surface area (Å²) in [6.07, 6.45) is 2.26. The lowest BCUT2D eigenvalue weighted by molar-refractivity contribution is -0.122. The zero-order valence-electron chi connectivity index (χ0n) is 14.6. The fourth-order valence-corrected chi connectivity index (χ4v) is 4.00. The molecule has 0 saturated carbocycles. The van der Waals surface area contributed by atoms with E-state index in [1.54, 1.807) is 18.2 Å². The van der Waals surface area contributed by atoms with E-state index in [-0.39, 0.29) is 16.9 Å². The van der Waals surface area contributed by atoms with E-state index >= 15 is 0 Å². The fraction of sp³-hybridized carbons (Fsp3) is 0.200. The van der Waals surface area contributed by atoms with E-state index in [0.717, 1.165) is 17.3 Å². The van der Waals surface area contributed by atoms with Crippen LogP contribution in [0.5, 0.6) is 11.5 Å². The second kappa shape index (κ2) is 8.63. The summed E-state index contributed by atoms with van der Waals surface area (Å²) in [4.78, 5) is 26.5. The molecule has 7 heteroatoms. The molecule has 1 heterocycles. The lowest BCUT2D eigenvalue weighted by Gasteiger charge is -2.12. The minimum absolute atomic E-state index is 0.00460. The maximum Gasteiger partial charge on any atom is 0.293 e. The Morgan fingerprint density at radius 3 is 2.67 bits per heavy atom. The molecule has 1 N–H and O–H groups in total. The number of carbonyl (C=O) groups excluding carboxylic acids is 2. The van der Waals surface area contributed by atoms with E-state index in [2.05, 4.69) is 15.9 Å². The molecule has 1 aliphatic heterocycles. The third-order valence-corrected chi connectivity index (χ3v) is 5.50. The summed E-state index contributed by atoms with van der Waals surface area (Å²) in [5.41, 5.74) is 1.74. The predicted molar refractivity (Wildman–Crippen MR) is 110 cm³/mol. The zero-order valence-corrected chi connectivity index (χ0v) is 17.0. The normalized spacial score (nSPS) is 15.6. The number of rotatable bonds is 6. The Bertz CT molecular complexity index is 898. The minimum atomic E-state index is -0.303. The molecule has 0 radical (unpaired) electrons. The summed E-state index contributed by atoms with van der Waals surface area (Å²) in [6.45, 7) is 2.56. The third kappa shape index (κ3) is 4.54. The van der Waals surface area contributed by atoms with Crippen LogP contribution in [-0.2, 0) is 11.2 Å². The van der Waals surface area contributed by atoms with E-state index in [1.165, 1.54) is 4.90 Å². The number of nitrogens with zero attached hydrogens (tertiary/aromatic N) is 1. The van der Waals surface area contributed by atoms with Crippen LogP contribution in [0.15, 0.2) is 51.8 Å². The van der Waals surface area contributed by atoms with Gasteiger partial charge >= 0.3 is 0 Å². The van der Waals surface area contributed by atoms with Crippen LogP contribution in [0.2, 0.25) is 0 Å². The predicted octanol–water partition coefficient (Wildman–Crippen LogP) is 4.83. The molecule has 3 rings (SSSR count). The molecule has 1 aliphatic rings. The first-order chi connectivity index (χ1) is 13.0. The van der Waals surface area contributed by atoms with Crippen molar-refractivity contribution >= 4 is 44.9 Å². The number of hydrogen-bond acceptors (Lipinski definition) is 5. The van der Waals surface area contributed by atoms with Gasteiger partial charge in [-0.3, -0.25) is 14.5 Å². The summed E-state index contributed by atoms with van der Waals surface area (Å²) >= 11 is 4.20. The summed E-state index contributed by atoms with van der Waals surface area (Å²) in [7, 11) is 0. The molecule has 2 amide bonds. The van der Waals surface area contributed by atoms with Gasteiger partial charge in [-0.1, -0.05) is 30.3 Å². The monoisotopic (exact) mass is 447 g/mol. The van der Waals surface area contributed by atoms with Gasteiger partial charge in [0.05, 0.1) is 16.0 Å². The zero-order chi connectivity index (χ0) is 19.4. The second-order valence-electron chi connectivity index (χ2n) is 5.85. The Kier molecular flexibility index (Phi) is 6.23. The molecule has 0 bridgehead atoms. The van der Waals surface area contributed by atoms with Crippen molar-refractivity contribution in [2.45, 2.75) is 13.3 Å². The highest BCUT2D eigenvalue weighted by Gasteiger charge is 2.34. The molecular formula is C20H18BrNO4S. The third-order valence-electron chi connectivity index (χ3n) is 3.99. The second-order valence-corrected chi connectivity index (χ2v) is 7.70. The van der Waals surface area contributed by atoms with Gasteiger partial charge < -0.3 is 9.84 Å². The summed E-state index contributed by atoms with van der Waals surface area (Å²) < 4.78 is 5.86. The van der Waals surface area contributed by atoms with Crippen LogP contribution < -0.4 is 4.74 Å². The van der Waals surface area contributed by atoms with E-state index < -0.39 is 0 Å². The van der Waals surface area contributed by atoms with Crippen molar-refractivity contribution in [3.63, 3.8) is 0 Å². The van der Waals surface area contributed by atoms with Gasteiger partial charge in [0.25, 0.3) is 11.1 Å². The van der Waals surface area contributed by atoms with Gasteiger partial charge in [-0.05, 0) is 70.4 Å². The summed E-state index contributed by atoms with van der Waals surface area (Å²) in [5.74, 6) is 0.0227. The number of benzene rings is 2. The fourth-order valence-electron chi connectivity index (χ4n) is 2.67. The smallest absolute Gasteiger partial charge is 0.293 e. The average molecular weight is 448 g/mol. The van der Waals surface area contributed by atoms with E-state index in [4.69, 9.17) is 4.74 Å². The average Bonchev–Trinajstić information content (AvgIpc) is 2.92. The number of phenolic OH excluding ortho intramolecular Hbond substituents is 1. The Morgan fingerprint density at radius 2 is 1.96 bits per heavy atom.